The molecule has 1 aromatic rings. The van der Waals surface area contributed by atoms with Gasteiger partial charge in [0.25, 0.3) is 0 Å². The molecule has 3 atom stereocenters. The zero-order valence-electron chi connectivity index (χ0n) is 18.5. The largest absolute Gasteiger partial charge is 0.339 e. The summed E-state index contributed by atoms with van der Waals surface area (Å²) in [5.74, 6) is -2.57. The van der Waals surface area contributed by atoms with Crippen LogP contribution in [0.5, 0.6) is 0 Å². The number of benzene rings is 1. The van der Waals surface area contributed by atoms with Crippen LogP contribution in [0.2, 0.25) is 0 Å². The molecule has 2 aliphatic heterocycles. The summed E-state index contributed by atoms with van der Waals surface area (Å²) in [5, 5.41) is 19.5. The molecule has 1 fully saturated rings. The highest BCUT2D eigenvalue weighted by Crippen LogP contribution is 2.27. The van der Waals surface area contributed by atoms with Crippen LogP contribution >= 0.6 is 27.0 Å². The number of carbonyl (C=O) groups excluding carboxylic acids is 3. The molecule has 0 aromatic heterocycles. The number of likely N-dealkylation sites (tertiary alicyclic amines) is 1. The van der Waals surface area contributed by atoms with E-state index in [1.165, 1.54) is 23.1 Å². The molecule has 0 saturated carbocycles. The van der Waals surface area contributed by atoms with E-state index >= 15 is 0 Å². The van der Waals surface area contributed by atoms with Crippen molar-refractivity contribution in [1.82, 2.24) is 10.2 Å². The SMILES string of the molecule is CC[C@H](NC(=O)C(=O)N1CC[C@H](C(=O)Cc2ccc(F)c(C#N)c2)[C@@H]1C)C1=CCN=N1.S.S. The van der Waals surface area contributed by atoms with Crippen LogP contribution in [-0.2, 0) is 20.8 Å². The molecule has 1 aromatic carbocycles. The van der Waals surface area contributed by atoms with Gasteiger partial charge in [0.15, 0.2) is 0 Å². The number of azo groups is 1. The minimum absolute atomic E-state index is 0. The normalized spacial score (nSPS) is 19.6. The molecule has 0 bridgehead atoms. The molecule has 2 heterocycles. The Morgan fingerprint density at radius 3 is 2.67 bits per heavy atom. The van der Waals surface area contributed by atoms with Gasteiger partial charge in [-0.15, -0.1) is 0 Å². The quantitative estimate of drug-likeness (QED) is 0.613. The molecule has 0 unspecified atom stereocenters. The van der Waals surface area contributed by atoms with Crippen LogP contribution in [0.15, 0.2) is 40.2 Å². The van der Waals surface area contributed by atoms with Crippen molar-refractivity contribution in [3.8, 4) is 6.07 Å². The zero-order valence-corrected chi connectivity index (χ0v) is 20.5. The van der Waals surface area contributed by atoms with Crippen molar-refractivity contribution >= 4 is 44.6 Å². The maximum absolute atomic E-state index is 13.5. The molecule has 1 saturated heterocycles. The average Bonchev–Trinajstić information content (AvgIpc) is 3.42. The van der Waals surface area contributed by atoms with Gasteiger partial charge in [-0.2, -0.15) is 42.5 Å². The van der Waals surface area contributed by atoms with E-state index < -0.39 is 29.6 Å². The number of carbonyl (C=O) groups is 3. The van der Waals surface area contributed by atoms with E-state index in [1.54, 1.807) is 19.1 Å². The predicted octanol–water partition coefficient (Wildman–Crippen LogP) is 2.52. The smallest absolute Gasteiger partial charge is 0.312 e. The Labute approximate surface area is 206 Å². The first-order valence-electron chi connectivity index (χ1n) is 10.3. The van der Waals surface area contributed by atoms with Crippen LogP contribution in [-0.4, -0.2) is 47.7 Å². The Morgan fingerprint density at radius 1 is 1.33 bits per heavy atom. The number of ketones is 1. The molecule has 11 heteroatoms. The Balaban J connectivity index is 0.00000272. The first-order valence-corrected chi connectivity index (χ1v) is 10.3. The Kier molecular flexibility index (Phi) is 10.7. The fourth-order valence-electron chi connectivity index (χ4n) is 4.00. The number of hydrogen-bond donors (Lipinski definition) is 1. The van der Waals surface area contributed by atoms with Gasteiger partial charge in [-0.05, 0) is 43.5 Å². The van der Waals surface area contributed by atoms with Crippen molar-refractivity contribution in [2.24, 2.45) is 16.1 Å². The van der Waals surface area contributed by atoms with Gasteiger partial charge in [0.05, 0.1) is 23.8 Å². The van der Waals surface area contributed by atoms with E-state index in [1.807, 2.05) is 6.92 Å². The van der Waals surface area contributed by atoms with Gasteiger partial charge in [0.2, 0.25) is 0 Å². The van der Waals surface area contributed by atoms with E-state index in [2.05, 4.69) is 15.5 Å². The molecule has 0 spiro atoms. The summed E-state index contributed by atoms with van der Waals surface area (Å²) in [6.07, 6.45) is 2.86. The second-order valence-electron chi connectivity index (χ2n) is 7.69. The number of nitrogens with one attached hydrogen (secondary N) is 1. The van der Waals surface area contributed by atoms with Crippen molar-refractivity contribution in [3.05, 3.63) is 46.9 Å². The summed E-state index contributed by atoms with van der Waals surface area (Å²) in [4.78, 5) is 39.5. The minimum Gasteiger partial charge on any atom is -0.339 e. The van der Waals surface area contributed by atoms with Gasteiger partial charge in [0, 0.05) is 24.9 Å². The summed E-state index contributed by atoms with van der Waals surface area (Å²) < 4.78 is 13.5. The Bertz CT molecular complexity index is 1010. The maximum atomic E-state index is 13.5. The van der Waals surface area contributed by atoms with Crippen LogP contribution in [0, 0.1) is 23.1 Å². The Hall–Kier alpha value is -2.71. The van der Waals surface area contributed by atoms with Crippen molar-refractivity contribution in [1.29, 1.82) is 5.26 Å². The predicted molar refractivity (Wildman–Crippen MR) is 130 cm³/mol. The molecule has 2 aliphatic rings. The summed E-state index contributed by atoms with van der Waals surface area (Å²) >= 11 is 0. The van der Waals surface area contributed by atoms with E-state index in [9.17, 15) is 18.8 Å². The number of rotatable bonds is 6. The van der Waals surface area contributed by atoms with Crippen LogP contribution < -0.4 is 5.32 Å². The monoisotopic (exact) mass is 493 g/mol. The second kappa shape index (κ2) is 12.5. The highest BCUT2D eigenvalue weighted by Gasteiger charge is 2.40. The lowest BCUT2D eigenvalue weighted by molar-refractivity contribution is -0.147. The molecule has 178 valence electrons. The summed E-state index contributed by atoms with van der Waals surface area (Å²) in [7, 11) is 0. The first kappa shape index (κ1) is 28.3. The van der Waals surface area contributed by atoms with Crippen LogP contribution in [0.4, 0.5) is 4.39 Å². The van der Waals surface area contributed by atoms with E-state index in [0.29, 0.717) is 37.2 Å². The van der Waals surface area contributed by atoms with Gasteiger partial charge in [-0.1, -0.05) is 13.0 Å². The van der Waals surface area contributed by atoms with Crippen LogP contribution in [0.25, 0.3) is 0 Å². The fraction of sp³-hybridized carbons (Fsp3) is 0.455. The zero-order chi connectivity index (χ0) is 22.5. The number of nitriles is 1. The van der Waals surface area contributed by atoms with E-state index in [-0.39, 0.29) is 50.8 Å². The van der Waals surface area contributed by atoms with Crippen molar-refractivity contribution < 1.29 is 18.8 Å². The lowest BCUT2D eigenvalue weighted by atomic mass is 9.92. The van der Waals surface area contributed by atoms with Crippen LogP contribution in [0.3, 0.4) is 0 Å². The molecule has 0 radical (unpaired) electrons. The third-order valence-corrected chi connectivity index (χ3v) is 5.79. The highest BCUT2D eigenvalue weighted by molar-refractivity contribution is 7.59. The number of amides is 2. The molecular weight excluding hydrogens is 465 g/mol. The molecule has 3 rings (SSSR count). The Morgan fingerprint density at radius 2 is 2.06 bits per heavy atom. The highest BCUT2D eigenvalue weighted by atomic mass is 32.1. The van der Waals surface area contributed by atoms with Gasteiger partial charge in [-0.25, -0.2) is 4.39 Å². The standard InChI is InChI=1S/C22H24FN5O3.2H2S/c1-3-18(19-6-8-25-27-19)26-21(30)22(31)28-9-7-16(13(28)2)20(29)11-14-4-5-17(23)15(10-14)12-24;;/h4-6,10,13,16,18H,3,7-9,11H2,1-2H3,(H,26,30);2*1H2/t13-,16-,18-;;/m0../s1. The third kappa shape index (κ3) is 6.42. The van der Waals surface area contributed by atoms with Gasteiger partial charge in [-0.3, -0.25) is 14.4 Å². The van der Waals surface area contributed by atoms with Crippen molar-refractivity contribution in [2.75, 3.05) is 13.1 Å². The molecule has 33 heavy (non-hydrogen) atoms. The van der Waals surface area contributed by atoms with Crippen molar-refractivity contribution in [2.45, 2.75) is 45.2 Å². The summed E-state index contributed by atoms with van der Waals surface area (Å²) in [6.45, 7) is 4.39. The van der Waals surface area contributed by atoms with Crippen molar-refractivity contribution in [3.63, 3.8) is 0 Å². The van der Waals surface area contributed by atoms with Gasteiger partial charge >= 0.3 is 11.8 Å². The van der Waals surface area contributed by atoms with Gasteiger partial charge in [0.1, 0.15) is 17.7 Å². The molecule has 0 aliphatic carbocycles. The summed E-state index contributed by atoms with van der Waals surface area (Å²) in [5.41, 5.74) is 1.07. The third-order valence-electron chi connectivity index (χ3n) is 5.79. The summed E-state index contributed by atoms with van der Waals surface area (Å²) in [6, 6.07) is 4.95. The number of halogens is 1. The second-order valence-corrected chi connectivity index (χ2v) is 7.69. The topological polar surface area (TPSA) is 115 Å². The van der Waals surface area contributed by atoms with E-state index in [4.69, 9.17) is 5.26 Å². The average molecular weight is 494 g/mol. The number of Topliss-reactive ketones (excluding diaryl/α,β-unsaturated/α-hetero) is 1. The first-order chi connectivity index (χ1) is 14.8. The number of hydrogen-bond acceptors (Lipinski definition) is 6. The molecule has 1 N–H and O–H groups in total. The maximum Gasteiger partial charge on any atom is 0.312 e. The van der Waals surface area contributed by atoms with Crippen LogP contribution in [0.1, 0.15) is 37.8 Å². The molecular formula is C22H28FN5O3S2. The molecule has 8 nitrogen and oxygen atoms in total. The van der Waals surface area contributed by atoms with Gasteiger partial charge < -0.3 is 10.2 Å². The minimum atomic E-state index is -0.730. The van der Waals surface area contributed by atoms with E-state index in [0.717, 1.165) is 0 Å². The fourth-order valence-corrected chi connectivity index (χ4v) is 4.00. The lowest BCUT2D eigenvalue weighted by Crippen LogP contribution is -2.48. The lowest BCUT2D eigenvalue weighted by Gasteiger charge is -2.25. The molecule has 2 amide bonds. The number of nitrogens with zero attached hydrogens (tertiary/aromatic N) is 4.